The highest BCUT2D eigenvalue weighted by Crippen LogP contribution is 2.77. The lowest BCUT2D eigenvalue weighted by atomic mass is 9.40. The molecular formula is C32H35N2OS+. The van der Waals surface area contributed by atoms with Crippen LogP contribution in [0.2, 0.25) is 0 Å². The smallest absolute Gasteiger partial charge is 0.166 e. The summed E-state index contributed by atoms with van der Waals surface area (Å²) in [6, 6.07) is 30.0. The first-order chi connectivity index (χ1) is 17.5. The van der Waals surface area contributed by atoms with E-state index in [1.165, 1.54) is 46.8 Å². The zero-order chi connectivity index (χ0) is 24.3. The summed E-state index contributed by atoms with van der Waals surface area (Å²) in [5, 5.41) is 0. The van der Waals surface area contributed by atoms with Gasteiger partial charge in [-0.05, 0) is 117 Å². The van der Waals surface area contributed by atoms with Crippen LogP contribution in [0, 0.1) is 29.1 Å². The Morgan fingerprint density at radius 3 is 2.14 bits per heavy atom. The molecule has 0 aromatic heterocycles. The number of aliphatic imine (C=N–C) groups is 1. The lowest BCUT2D eigenvalue weighted by molar-refractivity contribution is -0.149. The molecule has 3 aromatic rings. The largest absolute Gasteiger partial charge is 0.486 e. The van der Waals surface area contributed by atoms with E-state index in [1.807, 2.05) is 0 Å². The van der Waals surface area contributed by atoms with Gasteiger partial charge in [0.15, 0.2) is 14.7 Å². The van der Waals surface area contributed by atoms with Crippen LogP contribution in [-0.4, -0.2) is 18.0 Å². The third-order valence-electron chi connectivity index (χ3n) is 9.82. The molecule has 0 saturated heterocycles. The Labute approximate surface area is 217 Å². The fourth-order valence-electron chi connectivity index (χ4n) is 8.37. The van der Waals surface area contributed by atoms with E-state index in [0.29, 0.717) is 23.8 Å². The van der Waals surface area contributed by atoms with E-state index in [-0.39, 0.29) is 16.4 Å². The average Bonchev–Trinajstić information content (AvgIpc) is 3.05. The molecule has 4 aliphatic carbocycles. The van der Waals surface area contributed by atoms with Gasteiger partial charge in [-0.3, -0.25) is 4.99 Å². The van der Waals surface area contributed by atoms with E-state index in [0.717, 1.165) is 23.5 Å². The van der Waals surface area contributed by atoms with Crippen LogP contribution in [-0.2, 0) is 10.9 Å². The van der Waals surface area contributed by atoms with Crippen LogP contribution < -0.4 is 10.5 Å². The molecule has 3 nitrogen and oxygen atoms in total. The number of fused-ring (bicyclic) bond motifs is 4. The molecule has 1 spiro atoms. The van der Waals surface area contributed by atoms with E-state index in [2.05, 4.69) is 91.9 Å². The molecule has 184 valence electrons. The van der Waals surface area contributed by atoms with Gasteiger partial charge in [-0.25, -0.2) is 0 Å². The van der Waals surface area contributed by atoms with Crippen LogP contribution in [0.1, 0.15) is 39.0 Å². The highest BCUT2D eigenvalue weighted by Gasteiger charge is 2.72. The normalized spacial score (nSPS) is 34.0. The number of hydrogen-bond donors (Lipinski definition) is 1. The van der Waals surface area contributed by atoms with Crippen LogP contribution >= 0.6 is 0 Å². The van der Waals surface area contributed by atoms with Crippen LogP contribution in [0.3, 0.4) is 0 Å². The van der Waals surface area contributed by atoms with E-state index in [1.54, 1.807) is 0 Å². The number of amidine groups is 1. The number of ether oxygens (including phenoxy) is 1. The Kier molecular flexibility index (Phi) is 5.25. The molecule has 2 N–H and O–H groups in total. The molecular weight excluding hydrogens is 460 g/mol. The van der Waals surface area contributed by atoms with Crippen molar-refractivity contribution in [3.05, 3.63) is 84.9 Å². The maximum atomic E-state index is 6.50. The van der Waals surface area contributed by atoms with Gasteiger partial charge < -0.3 is 10.5 Å². The van der Waals surface area contributed by atoms with Crippen LogP contribution in [0.4, 0.5) is 0 Å². The quantitative estimate of drug-likeness (QED) is 0.224. The molecule has 7 rings (SSSR count). The number of nitrogens with two attached hydrogens (primary N) is 1. The van der Waals surface area contributed by atoms with Crippen molar-refractivity contribution >= 4 is 16.7 Å². The fraction of sp³-hybridized carbons (Fsp3) is 0.406. The lowest BCUT2D eigenvalue weighted by Crippen LogP contribution is -2.64. The fourth-order valence-corrected chi connectivity index (χ4v) is 10.5. The number of benzene rings is 3. The van der Waals surface area contributed by atoms with Gasteiger partial charge in [-0.2, -0.15) is 0 Å². The monoisotopic (exact) mass is 495 g/mol. The zero-order valence-corrected chi connectivity index (χ0v) is 21.8. The van der Waals surface area contributed by atoms with Gasteiger partial charge in [-0.15, -0.1) is 0 Å². The minimum Gasteiger partial charge on any atom is -0.486 e. The summed E-state index contributed by atoms with van der Waals surface area (Å²) in [5.74, 6) is 4.79. The molecule has 3 aromatic carbocycles. The summed E-state index contributed by atoms with van der Waals surface area (Å²) >= 11 is 0. The number of hydrogen-bond acceptors (Lipinski definition) is 2. The van der Waals surface area contributed by atoms with E-state index in [4.69, 9.17) is 15.5 Å². The first-order valence-electron chi connectivity index (χ1n) is 13.5. The number of rotatable bonds is 7. The predicted molar refractivity (Wildman–Crippen MR) is 146 cm³/mol. The second-order valence-electron chi connectivity index (χ2n) is 11.7. The molecule has 0 aliphatic heterocycles. The Morgan fingerprint density at radius 1 is 0.833 bits per heavy atom. The van der Waals surface area contributed by atoms with Crippen molar-refractivity contribution in [3.63, 3.8) is 0 Å². The third kappa shape index (κ3) is 3.52. The molecule has 6 unspecified atom stereocenters. The Hall–Kier alpha value is -2.72. The third-order valence-corrected chi connectivity index (χ3v) is 12.0. The van der Waals surface area contributed by atoms with Crippen molar-refractivity contribution in [2.75, 3.05) is 6.61 Å². The number of nitrogens with zero attached hydrogens (tertiary/aromatic N) is 1. The molecule has 4 bridgehead atoms. The van der Waals surface area contributed by atoms with Crippen molar-refractivity contribution in [1.82, 2.24) is 0 Å². The Balaban J connectivity index is 1.07. The van der Waals surface area contributed by atoms with Crippen molar-refractivity contribution in [1.29, 1.82) is 0 Å². The standard InChI is InChI=1S/C32H35N2OS/c1-31(23-16-22-17-28-29(31)20-32(28,18-22)19-23)34-30(33)21-35-24-12-14-27(15-13-24)36(25-8-4-2-5-9-25)26-10-6-3-7-11-26/h2-15,22-23,28-29H,16-21H2,1H3,(H2,33,34)/q+1. The minimum atomic E-state index is -0.152. The first-order valence-corrected chi connectivity index (χ1v) is 14.7. The van der Waals surface area contributed by atoms with E-state index < -0.39 is 0 Å². The van der Waals surface area contributed by atoms with Crippen LogP contribution in [0.5, 0.6) is 5.75 Å². The molecule has 6 atom stereocenters. The summed E-state index contributed by atoms with van der Waals surface area (Å²) in [5.41, 5.74) is 7.21. The molecule has 4 saturated carbocycles. The van der Waals surface area contributed by atoms with Gasteiger partial charge >= 0.3 is 0 Å². The Morgan fingerprint density at radius 2 is 1.47 bits per heavy atom. The van der Waals surface area contributed by atoms with E-state index >= 15 is 0 Å². The molecule has 4 aliphatic rings. The van der Waals surface area contributed by atoms with Gasteiger partial charge in [0.1, 0.15) is 18.2 Å². The summed E-state index contributed by atoms with van der Waals surface area (Å²) in [6.45, 7) is 2.75. The minimum absolute atomic E-state index is 0.0125. The van der Waals surface area contributed by atoms with Crippen molar-refractivity contribution in [3.8, 4) is 5.75 Å². The van der Waals surface area contributed by atoms with Gasteiger partial charge in [0.05, 0.1) is 16.4 Å². The van der Waals surface area contributed by atoms with Gasteiger partial charge in [0.2, 0.25) is 0 Å². The van der Waals surface area contributed by atoms with E-state index in [9.17, 15) is 0 Å². The topological polar surface area (TPSA) is 47.6 Å². The summed E-state index contributed by atoms with van der Waals surface area (Å²) in [6.07, 6.45) is 7.06. The maximum absolute atomic E-state index is 6.50. The summed E-state index contributed by atoms with van der Waals surface area (Å²) < 4.78 is 6.14. The lowest BCUT2D eigenvalue weighted by Gasteiger charge is -2.66. The second-order valence-corrected chi connectivity index (χ2v) is 13.8. The summed E-state index contributed by atoms with van der Waals surface area (Å²) in [7, 11) is -0.152. The van der Waals surface area contributed by atoms with Gasteiger partial charge in [0.25, 0.3) is 0 Å². The molecule has 4 fully saturated rings. The highest BCUT2D eigenvalue weighted by atomic mass is 32.2. The Bertz CT molecular complexity index is 1230. The molecule has 36 heavy (non-hydrogen) atoms. The van der Waals surface area contributed by atoms with Crippen LogP contribution in [0.25, 0.3) is 0 Å². The summed E-state index contributed by atoms with van der Waals surface area (Å²) in [4.78, 5) is 9.10. The van der Waals surface area contributed by atoms with Gasteiger partial charge in [-0.1, -0.05) is 36.4 Å². The zero-order valence-electron chi connectivity index (χ0n) is 21.0. The molecule has 0 radical (unpaired) electrons. The first kappa shape index (κ1) is 22.5. The van der Waals surface area contributed by atoms with Crippen molar-refractivity contribution in [2.24, 2.45) is 39.8 Å². The van der Waals surface area contributed by atoms with Crippen molar-refractivity contribution < 1.29 is 4.74 Å². The van der Waals surface area contributed by atoms with Crippen LogP contribution in [0.15, 0.2) is 105 Å². The molecule has 0 amide bonds. The highest BCUT2D eigenvalue weighted by molar-refractivity contribution is 7.97. The maximum Gasteiger partial charge on any atom is 0.166 e. The predicted octanol–water partition coefficient (Wildman–Crippen LogP) is 6.73. The molecule has 0 heterocycles. The molecule has 4 heteroatoms. The average molecular weight is 496 g/mol. The van der Waals surface area contributed by atoms with Crippen molar-refractivity contribution in [2.45, 2.75) is 59.3 Å². The van der Waals surface area contributed by atoms with Gasteiger partial charge in [0, 0.05) is 0 Å². The second kappa shape index (κ2) is 8.41. The SMILES string of the molecule is CC1(N=C(N)COc2ccc([S+](c3ccccc3)c3ccccc3)cc2)C2CC3CC4C1CC4(C3)C2.